The fourth-order valence-electron chi connectivity index (χ4n) is 1.26. The van der Waals surface area contributed by atoms with Gasteiger partial charge in [-0.05, 0) is 30.7 Å². The van der Waals surface area contributed by atoms with Crippen LogP contribution in [0, 0.1) is 5.92 Å². The molecule has 0 aliphatic heterocycles. The number of benzene rings is 1. The van der Waals surface area contributed by atoms with Crippen LogP contribution in [0.25, 0.3) is 0 Å². The summed E-state index contributed by atoms with van der Waals surface area (Å²) in [5.74, 6) is 1.04. The molecule has 0 aromatic heterocycles. The minimum Gasteiger partial charge on any atom is -0.493 e. The van der Waals surface area contributed by atoms with Gasteiger partial charge in [0.2, 0.25) is 0 Å². The van der Waals surface area contributed by atoms with Crippen LogP contribution in [0.1, 0.15) is 16.8 Å². The summed E-state index contributed by atoms with van der Waals surface area (Å²) >= 11 is 0. The van der Waals surface area contributed by atoms with Gasteiger partial charge in [-0.1, -0.05) is 0 Å². The molecule has 1 aliphatic rings. The van der Waals surface area contributed by atoms with Crippen LogP contribution in [-0.2, 0) is 0 Å². The molecular weight excluding hydrogens is 180 g/mol. The molecule has 1 aromatic carbocycles. The Hall–Kier alpha value is -1.35. The van der Waals surface area contributed by atoms with Crippen LogP contribution in [0.4, 0.5) is 0 Å². The molecular formula is C11H12O3. The topological polar surface area (TPSA) is 46.5 Å². The summed E-state index contributed by atoms with van der Waals surface area (Å²) in [7, 11) is 0. The Labute approximate surface area is 82.3 Å². The van der Waals surface area contributed by atoms with Crippen LogP contribution in [-0.4, -0.2) is 24.1 Å². The molecule has 3 heteroatoms. The maximum absolute atomic E-state index is 10.4. The molecule has 2 unspecified atom stereocenters. The Kier molecular flexibility index (Phi) is 2.50. The van der Waals surface area contributed by atoms with Crippen LogP contribution >= 0.6 is 0 Å². The molecule has 0 heterocycles. The van der Waals surface area contributed by atoms with Gasteiger partial charge in [0.05, 0.1) is 12.7 Å². The molecule has 1 aliphatic carbocycles. The molecule has 74 valence electrons. The molecule has 3 nitrogen and oxygen atoms in total. The predicted octanol–water partition coefficient (Wildman–Crippen LogP) is 1.26. The third-order valence-electron chi connectivity index (χ3n) is 2.37. The molecule has 0 radical (unpaired) electrons. The van der Waals surface area contributed by atoms with Crippen molar-refractivity contribution in [3.8, 4) is 5.75 Å². The highest BCUT2D eigenvalue weighted by molar-refractivity contribution is 5.74. The second-order valence-corrected chi connectivity index (χ2v) is 3.56. The highest BCUT2D eigenvalue weighted by Crippen LogP contribution is 2.30. The zero-order valence-corrected chi connectivity index (χ0v) is 7.72. The number of hydrogen-bond acceptors (Lipinski definition) is 3. The second-order valence-electron chi connectivity index (χ2n) is 3.56. The van der Waals surface area contributed by atoms with Crippen molar-refractivity contribution in [3.63, 3.8) is 0 Å². The summed E-state index contributed by atoms with van der Waals surface area (Å²) < 4.78 is 5.42. The zero-order valence-electron chi connectivity index (χ0n) is 7.72. The maximum Gasteiger partial charge on any atom is 0.150 e. The van der Waals surface area contributed by atoms with E-state index in [-0.39, 0.29) is 6.10 Å². The summed E-state index contributed by atoms with van der Waals surface area (Å²) in [5.41, 5.74) is 0.642. The Morgan fingerprint density at radius 2 is 2.07 bits per heavy atom. The maximum atomic E-state index is 10.4. The Morgan fingerprint density at radius 3 is 2.57 bits per heavy atom. The molecule has 1 N–H and O–H groups in total. The van der Waals surface area contributed by atoms with Gasteiger partial charge in [0.25, 0.3) is 0 Å². The average molecular weight is 192 g/mol. The average Bonchev–Trinajstić information content (AvgIpc) is 2.92. The lowest BCUT2D eigenvalue weighted by Crippen LogP contribution is -2.02. The largest absolute Gasteiger partial charge is 0.493 e. The van der Waals surface area contributed by atoms with Crippen molar-refractivity contribution in [2.75, 3.05) is 6.61 Å². The van der Waals surface area contributed by atoms with Crippen LogP contribution in [0.2, 0.25) is 0 Å². The van der Waals surface area contributed by atoms with Crippen molar-refractivity contribution in [1.82, 2.24) is 0 Å². The first-order chi connectivity index (χ1) is 6.79. The number of ether oxygens (including phenoxy) is 1. The molecule has 0 amide bonds. The lowest BCUT2D eigenvalue weighted by molar-refractivity contribution is 0.112. The minimum absolute atomic E-state index is 0.177. The molecule has 2 atom stereocenters. The highest BCUT2D eigenvalue weighted by atomic mass is 16.5. The van der Waals surface area contributed by atoms with Crippen LogP contribution in [0.5, 0.6) is 5.75 Å². The van der Waals surface area contributed by atoms with Gasteiger partial charge in [0, 0.05) is 11.5 Å². The number of carbonyl (C=O) groups is 1. The number of hydrogen-bond donors (Lipinski definition) is 1. The smallest absolute Gasteiger partial charge is 0.150 e. The SMILES string of the molecule is O=Cc1ccc(OCC2CC2O)cc1. The fraction of sp³-hybridized carbons (Fsp3) is 0.364. The van der Waals surface area contributed by atoms with E-state index in [1.165, 1.54) is 0 Å². The Morgan fingerprint density at radius 1 is 1.43 bits per heavy atom. The Bertz CT molecular complexity index is 318. The molecule has 0 spiro atoms. The normalized spacial score (nSPS) is 24.4. The quantitative estimate of drug-likeness (QED) is 0.730. The number of rotatable bonds is 4. The molecule has 2 rings (SSSR count). The van der Waals surface area contributed by atoms with Crippen LogP contribution in [0.15, 0.2) is 24.3 Å². The summed E-state index contributed by atoms with van der Waals surface area (Å²) in [5, 5.41) is 9.06. The van der Waals surface area contributed by atoms with Crippen LogP contribution in [0.3, 0.4) is 0 Å². The monoisotopic (exact) mass is 192 g/mol. The molecule has 1 saturated carbocycles. The van der Waals surface area contributed by atoms with Crippen molar-refractivity contribution >= 4 is 6.29 Å². The first-order valence-corrected chi connectivity index (χ1v) is 4.65. The first kappa shape index (κ1) is 9.21. The molecule has 1 fully saturated rings. The molecule has 0 saturated heterocycles. The van der Waals surface area contributed by atoms with Gasteiger partial charge in [-0.15, -0.1) is 0 Å². The lowest BCUT2D eigenvalue weighted by atomic mass is 10.2. The minimum atomic E-state index is -0.177. The van der Waals surface area contributed by atoms with Gasteiger partial charge in [-0.3, -0.25) is 4.79 Å². The van der Waals surface area contributed by atoms with Crippen molar-refractivity contribution in [3.05, 3.63) is 29.8 Å². The predicted molar refractivity (Wildman–Crippen MR) is 51.4 cm³/mol. The van der Waals surface area contributed by atoms with E-state index in [0.717, 1.165) is 18.5 Å². The van der Waals surface area contributed by atoms with E-state index in [9.17, 15) is 4.79 Å². The van der Waals surface area contributed by atoms with E-state index in [1.807, 2.05) is 0 Å². The van der Waals surface area contributed by atoms with Gasteiger partial charge < -0.3 is 9.84 Å². The van der Waals surface area contributed by atoms with Crippen molar-refractivity contribution in [2.45, 2.75) is 12.5 Å². The van der Waals surface area contributed by atoms with Gasteiger partial charge >= 0.3 is 0 Å². The van der Waals surface area contributed by atoms with Gasteiger partial charge in [0.1, 0.15) is 12.0 Å². The number of aldehydes is 1. The second kappa shape index (κ2) is 3.80. The van der Waals surface area contributed by atoms with Crippen LogP contribution < -0.4 is 4.74 Å². The number of carbonyl (C=O) groups excluding carboxylic acids is 1. The summed E-state index contributed by atoms with van der Waals surface area (Å²) in [6.07, 6.45) is 1.46. The summed E-state index contributed by atoms with van der Waals surface area (Å²) in [6.45, 7) is 0.557. The standard InChI is InChI=1S/C11H12O3/c12-6-8-1-3-10(4-2-8)14-7-9-5-11(9)13/h1-4,6,9,11,13H,5,7H2. The number of aliphatic hydroxyl groups excluding tert-OH is 1. The molecule has 1 aromatic rings. The van der Waals surface area contributed by atoms with E-state index in [1.54, 1.807) is 24.3 Å². The van der Waals surface area contributed by atoms with E-state index in [0.29, 0.717) is 18.1 Å². The molecule has 14 heavy (non-hydrogen) atoms. The lowest BCUT2D eigenvalue weighted by Gasteiger charge is -2.04. The van der Waals surface area contributed by atoms with Crippen molar-refractivity contribution in [1.29, 1.82) is 0 Å². The third kappa shape index (κ3) is 2.12. The first-order valence-electron chi connectivity index (χ1n) is 4.65. The van der Waals surface area contributed by atoms with Crippen molar-refractivity contribution < 1.29 is 14.6 Å². The van der Waals surface area contributed by atoms with Crippen molar-refractivity contribution in [2.24, 2.45) is 5.92 Å². The van der Waals surface area contributed by atoms with E-state index in [2.05, 4.69) is 0 Å². The summed E-state index contributed by atoms with van der Waals surface area (Å²) in [6, 6.07) is 6.95. The van der Waals surface area contributed by atoms with E-state index >= 15 is 0 Å². The zero-order chi connectivity index (χ0) is 9.97. The van der Waals surface area contributed by atoms with Gasteiger partial charge in [-0.2, -0.15) is 0 Å². The van der Waals surface area contributed by atoms with Gasteiger partial charge in [-0.25, -0.2) is 0 Å². The number of aliphatic hydroxyl groups is 1. The van der Waals surface area contributed by atoms with E-state index < -0.39 is 0 Å². The summed E-state index contributed by atoms with van der Waals surface area (Å²) in [4.78, 5) is 10.4. The third-order valence-corrected chi connectivity index (χ3v) is 2.37. The molecule has 0 bridgehead atoms. The Balaban J connectivity index is 1.86. The highest BCUT2D eigenvalue weighted by Gasteiger charge is 2.35. The van der Waals surface area contributed by atoms with Gasteiger partial charge in [0.15, 0.2) is 0 Å². The fourth-order valence-corrected chi connectivity index (χ4v) is 1.26. The van der Waals surface area contributed by atoms with E-state index in [4.69, 9.17) is 9.84 Å².